The van der Waals surface area contributed by atoms with Gasteiger partial charge >= 0.3 is 0 Å². The summed E-state index contributed by atoms with van der Waals surface area (Å²) < 4.78 is 16.3. The number of ether oxygens (including phenoxy) is 3. The van der Waals surface area contributed by atoms with Gasteiger partial charge in [0.1, 0.15) is 17.2 Å². The molecule has 2 aromatic carbocycles. The lowest BCUT2D eigenvalue weighted by atomic mass is 10.1. The summed E-state index contributed by atoms with van der Waals surface area (Å²) in [6.07, 6.45) is 0. The van der Waals surface area contributed by atoms with Crippen LogP contribution < -0.4 is 19.5 Å². The van der Waals surface area contributed by atoms with E-state index in [1.807, 2.05) is 42.6 Å². The summed E-state index contributed by atoms with van der Waals surface area (Å²) in [6, 6.07) is 14.8. The molecule has 0 saturated carbocycles. The molecular weight excluding hydrogens is 364 g/mol. The monoisotopic (exact) mass is 384 g/mol. The highest BCUT2D eigenvalue weighted by atomic mass is 32.1. The quantitative estimate of drug-likeness (QED) is 0.629. The maximum atomic E-state index is 12.1. The van der Waals surface area contributed by atoms with Crippen LogP contribution in [0.3, 0.4) is 0 Å². The molecule has 0 fully saturated rings. The molecule has 0 aliphatic carbocycles. The van der Waals surface area contributed by atoms with E-state index >= 15 is 0 Å². The molecule has 0 saturated heterocycles. The minimum absolute atomic E-state index is 0.113. The topological polar surface area (TPSA) is 69.7 Å². The van der Waals surface area contributed by atoms with Crippen LogP contribution in [-0.2, 0) is 4.79 Å². The highest BCUT2D eigenvalue weighted by Crippen LogP contribution is 2.32. The van der Waals surface area contributed by atoms with Crippen LogP contribution in [0.1, 0.15) is 6.92 Å². The van der Waals surface area contributed by atoms with E-state index in [2.05, 4.69) is 10.3 Å². The first-order valence-corrected chi connectivity index (χ1v) is 9.32. The number of hydrogen-bond acceptors (Lipinski definition) is 6. The number of benzene rings is 2. The minimum Gasteiger partial charge on any atom is -0.497 e. The van der Waals surface area contributed by atoms with Gasteiger partial charge in [0.05, 0.1) is 19.4 Å². The van der Waals surface area contributed by atoms with Crippen LogP contribution in [0.2, 0.25) is 0 Å². The lowest BCUT2D eigenvalue weighted by molar-refractivity contribution is -0.118. The summed E-state index contributed by atoms with van der Waals surface area (Å²) in [6.45, 7) is 2.40. The first-order valence-electron chi connectivity index (χ1n) is 8.44. The number of anilines is 1. The van der Waals surface area contributed by atoms with E-state index in [-0.39, 0.29) is 12.5 Å². The maximum absolute atomic E-state index is 12.1. The van der Waals surface area contributed by atoms with Gasteiger partial charge in [-0.3, -0.25) is 10.1 Å². The summed E-state index contributed by atoms with van der Waals surface area (Å²) in [5.41, 5.74) is 1.65. The average Bonchev–Trinajstić information content (AvgIpc) is 3.15. The zero-order valence-corrected chi connectivity index (χ0v) is 15.9. The van der Waals surface area contributed by atoms with Crippen molar-refractivity contribution in [1.29, 1.82) is 0 Å². The van der Waals surface area contributed by atoms with E-state index in [0.717, 1.165) is 17.0 Å². The van der Waals surface area contributed by atoms with E-state index in [1.165, 1.54) is 11.3 Å². The number of methoxy groups -OCH3 is 1. The molecule has 3 rings (SSSR count). The van der Waals surface area contributed by atoms with Crippen molar-refractivity contribution in [2.45, 2.75) is 6.92 Å². The van der Waals surface area contributed by atoms with Gasteiger partial charge in [0, 0.05) is 17.0 Å². The molecule has 1 N–H and O–H groups in total. The number of hydrogen-bond donors (Lipinski definition) is 1. The summed E-state index contributed by atoms with van der Waals surface area (Å²) >= 11 is 1.35. The van der Waals surface area contributed by atoms with Crippen molar-refractivity contribution in [1.82, 2.24) is 4.98 Å². The maximum Gasteiger partial charge on any atom is 0.264 e. The normalized spacial score (nSPS) is 10.3. The first kappa shape index (κ1) is 18.7. The van der Waals surface area contributed by atoms with Crippen molar-refractivity contribution in [3.8, 4) is 28.5 Å². The smallest absolute Gasteiger partial charge is 0.264 e. The van der Waals surface area contributed by atoms with Crippen LogP contribution in [0.4, 0.5) is 5.13 Å². The molecule has 140 valence electrons. The Bertz CT molecular complexity index is 910. The predicted octanol–water partition coefficient (Wildman–Crippen LogP) is 4.23. The Morgan fingerprint density at radius 1 is 1.11 bits per heavy atom. The van der Waals surface area contributed by atoms with Gasteiger partial charge < -0.3 is 14.2 Å². The fourth-order valence-electron chi connectivity index (χ4n) is 2.41. The van der Waals surface area contributed by atoms with Gasteiger partial charge in [-0.15, -0.1) is 11.3 Å². The highest BCUT2D eigenvalue weighted by molar-refractivity contribution is 7.14. The van der Waals surface area contributed by atoms with Crippen LogP contribution in [0.25, 0.3) is 11.3 Å². The summed E-state index contributed by atoms with van der Waals surface area (Å²) in [5, 5.41) is 5.15. The number of nitrogens with one attached hydrogen (secondary N) is 1. The van der Waals surface area contributed by atoms with Crippen molar-refractivity contribution in [2.24, 2.45) is 0 Å². The lowest BCUT2D eigenvalue weighted by Gasteiger charge is -2.08. The van der Waals surface area contributed by atoms with E-state index < -0.39 is 0 Å². The SMILES string of the molecule is CCOc1ccccc1-c1csc(NC(=O)COc2cccc(OC)c2)n1. The molecular formula is C20H20N2O4S. The Morgan fingerprint density at radius 2 is 1.93 bits per heavy atom. The zero-order valence-electron chi connectivity index (χ0n) is 15.1. The summed E-state index contributed by atoms with van der Waals surface area (Å²) in [4.78, 5) is 16.6. The van der Waals surface area contributed by atoms with Gasteiger partial charge in [-0.05, 0) is 31.2 Å². The van der Waals surface area contributed by atoms with Gasteiger partial charge in [0.2, 0.25) is 0 Å². The molecule has 0 atom stereocenters. The molecule has 0 aliphatic rings. The third-order valence-electron chi connectivity index (χ3n) is 3.62. The van der Waals surface area contributed by atoms with Crippen molar-refractivity contribution < 1.29 is 19.0 Å². The fourth-order valence-corrected chi connectivity index (χ4v) is 3.14. The van der Waals surface area contributed by atoms with Crippen LogP contribution in [0, 0.1) is 0 Å². The second kappa shape index (κ2) is 9.05. The third-order valence-corrected chi connectivity index (χ3v) is 4.38. The van der Waals surface area contributed by atoms with E-state index in [9.17, 15) is 4.79 Å². The number of para-hydroxylation sites is 1. The van der Waals surface area contributed by atoms with E-state index in [1.54, 1.807) is 25.3 Å². The molecule has 0 unspecified atom stereocenters. The third kappa shape index (κ3) is 4.98. The van der Waals surface area contributed by atoms with Gasteiger partial charge in [-0.1, -0.05) is 18.2 Å². The molecule has 1 amide bonds. The lowest BCUT2D eigenvalue weighted by Crippen LogP contribution is -2.20. The number of carbonyl (C=O) groups excluding carboxylic acids is 1. The fraction of sp³-hybridized carbons (Fsp3) is 0.200. The summed E-state index contributed by atoms with van der Waals surface area (Å²) in [5.74, 6) is 1.72. The standard InChI is InChI=1S/C20H20N2O4S/c1-3-25-18-10-5-4-9-16(18)17-13-27-20(21-17)22-19(23)12-26-15-8-6-7-14(11-15)24-2/h4-11,13H,3,12H2,1-2H3,(H,21,22,23). The van der Waals surface area contributed by atoms with Crippen LogP contribution >= 0.6 is 11.3 Å². The number of aromatic nitrogens is 1. The second-order valence-electron chi connectivity index (χ2n) is 5.48. The Kier molecular flexibility index (Phi) is 6.27. The molecule has 27 heavy (non-hydrogen) atoms. The Morgan fingerprint density at radius 3 is 2.74 bits per heavy atom. The Balaban J connectivity index is 1.61. The van der Waals surface area contributed by atoms with Crippen LogP contribution in [-0.4, -0.2) is 31.2 Å². The van der Waals surface area contributed by atoms with Crippen LogP contribution in [0.15, 0.2) is 53.9 Å². The second-order valence-corrected chi connectivity index (χ2v) is 6.34. The van der Waals surface area contributed by atoms with Crippen molar-refractivity contribution in [3.05, 3.63) is 53.9 Å². The van der Waals surface area contributed by atoms with E-state index in [0.29, 0.717) is 23.2 Å². The van der Waals surface area contributed by atoms with Crippen molar-refractivity contribution in [2.75, 3.05) is 25.6 Å². The van der Waals surface area contributed by atoms with Gasteiger partial charge in [-0.25, -0.2) is 4.98 Å². The number of nitrogens with zero attached hydrogens (tertiary/aromatic N) is 1. The van der Waals surface area contributed by atoms with Crippen molar-refractivity contribution >= 4 is 22.4 Å². The average molecular weight is 384 g/mol. The first-order chi connectivity index (χ1) is 13.2. The minimum atomic E-state index is -0.281. The van der Waals surface area contributed by atoms with Gasteiger partial charge in [0.15, 0.2) is 11.7 Å². The molecule has 7 heteroatoms. The molecule has 0 radical (unpaired) electrons. The number of carbonyl (C=O) groups is 1. The number of amides is 1. The predicted molar refractivity (Wildman–Crippen MR) is 106 cm³/mol. The van der Waals surface area contributed by atoms with Gasteiger partial charge in [-0.2, -0.15) is 0 Å². The number of thiazole rings is 1. The highest BCUT2D eigenvalue weighted by Gasteiger charge is 2.12. The van der Waals surface area contributed by atoms with Gasteiger partial charge in [0.25, 0.3) is 5.91 Å². The molecule has 0 bridgehead atoms. The van der Waals surface area contributed by atoms with Crippen molar-refractivity contribution in [3.63, 3.8) is 0 Å². The Hall–Kier alpha value is -3.06. The number of rotatable bonds is 8. The van der Waals surface area contributed by atoms with E-state index in [4.69, 9.17) is 14.2 Å². The molecule has 0 aliphatic heterocycles. The molecule has 3 aromatic rings. The molecule has 0 spiro atoms. The Labute approximate surface area is 161 Å². The molecule has 1 aromatic heterocycles. The summed E-state index contributed by atoms with van der Waals surface area (Å²) in [7, 11) is 1.58. The molecule has 1 heterocycles. The zero-order chi connectivity index (χ0) is 19.1. The van der Waals surface area contributed by atoms with Crippen LogP contribution in [0.5, 0.6) is 17.2 Å². The molecule has 6 nitrogen and oxygen atoms in total. The largest absolute Gasteiger partial charge is 0.497 e.